The maximum atomic E-state index is 12.2. The molecule has 1 aliphatic rings. The van der Waals surface area contributed by atoms with E-state index in [9.17, 15) is 9.59 Å². The Morgan fingerprint density at radius 2 is 2.07 bits per heavy atom. The summed E-state index contributed by atoms with van der Waals surface area (Å²) in [5, 5.41) is 11.6. The number of aryl methyl sites for hydroxylation is 1. The maximum Gasteiger partial charge on any atom is 0.276 e. The second-order valence-corrected chi connectivity index (χ2v) is 7.77. The summed E-state index contributed by atoms with van der Waals surface area (Å²) < 4.78 is 1.74. The predicted octanol–water partition coefficient (Wildman–Crippen LogP) is 0.687. The summed E-state index contributed by atoms with van der Waals surface area (Å²) in [6.45, 7) is 5.30. The van der Waals surface area contributed by atoms with Crippen LogP contribution in [0.2, 0.25) is 0 Å². The SMILES string of the molecule is CCc1cc(NC(=O)CN)cc(-c2nn3c(N4CCNCC4)cc(=O)nc3s2)c1. The van der Waals surface area contributed by atoms with Gasteiger partial charge in [-0.1, -0.05) is 18.3 Å². The molecule has 0 aliphatic carbocycles. The van der Waals surface area contributed by atoms with E-state index in [1.807, 2.05) is 18.2 Å². The zero-order valence-corrected chi connectivity index (χ0v) is 17.0. The summed E-state index contributed by atoms with van der Waals surface area (Å²) in [7, 11) is 0. The average molecular weight is 414 g/mol. The van der Waals surface area contributed by atoms with Crippen LogP contribution in [0, 0.1) is 0 Å². The first-order chi connectivity index (χ1) is 14.1. The fourth-order valence-electron chi connectivity index (χ4n) is 3.34. The van der Waals surface area contributed by atoms with Gasteiger partial charge in [0.1, 0.15) is 10.8 Å². The Bertz CT molecular complexity index is 1100. The number of rotatable bonds is 5. The van der Waals surface area contributed by atoms with Gasteiger partial charge >= 0.3 is 0 Å². The van der Waals surface area contributed by atoms with Gasteiger partial charge in [-0.15, -0.1) is 0 Å². The van der Waals surface area contributed by atoms with Crippen molar-refractivity contribution in [2.24, 2.45) is 5.73 Å². The van der Waals surface area contributed by atoms with E-state index in [0.717, 1.165) is 54.6 Å². The quantitative estimate of drug-likeness (QED) is 0.563. The molecule has 2 aromatic heterocycles. The van der Waals surface area contributed by atoms with Gasteiger partial charge in [0, 0.05) is 43.5 Å². The molecular formula is C19H23N7O2S. The van der Waals surface area contributed by atoms with Crippen molar-refractivity contribution >= 4 is 33.7 Å². The predicted molar refractivity (Wildman–Crippen MR) is 115 cm³/mol. The molecule has 4 N–H and O–H groups in total. The lowest BCUT2D eigenvalue weighted by Gasteiger charge is -2.28. The lowest BCUT2D eigenvalue weighted by Crippen LogP contribution is -2.44. The van der Waals surface area contributed by atoms with Crippen molar-refractivity contribution in [1.82, 2.24) is 19.9 Å². The molecule has 9 nitrogen and oxygen atoms in total. The summed E-state index contributed by atoms with van der Waals surface area (Å²) in [6.07, 6.45) is 0.812. The average Bonchev–Trinajstić information content (AvgIpc) is 3.17. The van der Waals surface area contributed by atoms with Crippen molar-refractivity contribution in [2.45, 2.75) is 13.3 Å². The van der Waals surface area contributed by atoms with Crippen molar-refractivity contribution in [3.05, 3.63) is 40.2 Å². The first-order valence-electron chi connectivity index (χ1n) is 9.58. The molecule has 10 heteroatoms. The third-order valence-electron chi connectivity index (χ3n) is 4.79. The Labute approximate surface area is 171 Å². The number of nitrogens with two attached hydrogens (primary N) is 1. The van der Waals surface area contributed by atoms with Crippen LogP contribution in [0.3, 0.4) is 0 Å². The number of nitrogens with zero attached hydrogens (tertiary/aromatic N) is 4. The van der Waals surface area contributed by atoms with Gasteiger partial charge in [-0.3, -0.25) is 9.59 Å². The second kappa shape index (κ2) is 8.27. The maximum absolute atomic E-state index is 12.2. The fraction of sp³-hybridized carbons (Fsp3) is 0.368. The highest BCUT2D eigenvalue weighted by atomic mass is 32.1. The number of aromatic nitrogens is 3. The number of hydrogen-bond acceptors (Lipinski definition) is 8. The van der Waals surface area contributed by atoms with E-state index in [-0.39, 0.29) is 18.0 Å². The van der Waals surface area contributed by atoms with E-state index in [2.05, 4.69) is 27.4 Å². The third-order valence-corrected chi connectivity index (χ3v) is 5.75. The Balaban J connectivity index is 1.79. The van der Waals surface area contributed by atoms with Gasteiger partial charge in [0.25, 0.3) is 5.56 Å². The molecule has 1 aliphatic heterocycles. The molecule has 3 aromatic rings. The molecule has 0 spiro atoms. The Kier molecular flexibility index (Phi) is 5.56. The Morgan fingerprint density at radius 3 is 2.79 bits per heavy atom. The minimum absolute atomic E-state index is 0.0765. The molecule has 0 atom stereocenters. The van der Waals surface area contributed by atoms with Crippen LogP contribution >= 0.6 is 11.3 Å². The van der Waals surface area contributed by atoms with Gasteiger partial charge in [-0.2, -0.15) is 14.6 Å². The standard InChI is InChI=1S/C19H23N7O2S/c1-2-12-7-13(9-14(8-12)22-16(28)11-20)18-24-26-17(25-5-3-21-4-6-25)10-15(27)23-19(26)29-18/h7-10,21H,2-6,11,20H2,1H3,(H,22,28). The number of carbonyl (C=O) groups is 1. The van der Waals surface area contributed by atoms with Crippen molar-refractivity contribution in [1.29, 1.82) is 0 Å². The number of fused-ring (bicyclic) bond motifs is 1. The number of benzene rings is 1. The highest BCUT2D eigenvalue weighted by molar-refractivity contribution is 7.19. The first-order valence-corrected chi connectivity index (χ1v) is 10.4. The highest BCUT2D eigenvalue weighted by Crippen LogP contribution is 2.30. The lowest BCUT2D eigenvalue weighted by molar-refractivity contribution is -0.114. The molecule has 4 rings (SSSR count). The highest BCUT2D eigenvalue weighted by Gasteiger charge is 2.18. The molecule has 0 saturated carbocycles. The summed E-state index contributed by atoms with van der Waals surface area (Å²) >= 11 is 1.36. The largest absolute Gasteiger partial charge is 0.354 e. The van der Waals surface area contributed by atoms with Crippen LogP contribution < -0.4 is 26.8 Å². The molecule has 1 fully saturated rings. The number of amides is 1. The molecule has 0 unspecified atom stereocenters. The van der Waals surface area contributed by atoms with Gasteiger partial charge in [0.2, 0.25) is 10.9 Å². The molecule has 152 valence electrons. The third kappa shape index (κ3) is 4.14. The Hall–Kier alpha value is -2.82. The minimum atomic E-state index is -0.271. The zero-order valence-electron chi connectivity index (χ0n) is 16.1. The van der Waals surface area contributed by atoms with Crippen LogP contribution in [0.25, 0.3) is 15.5 Å². The smallest absolute Gasteiger partial charge is 0.276 e. The van der Waals surface area contributed by atoms with Gasteiger partial charge in [-0.05, 0) is 30.2 Å². The monoisotopic (exact) mass is 413 g/mol. The molecule has 1 saturated heterocycles. The normalized spacial score (nSPS) is 14.3. The second-order valence-electron chi connectivity index (χ2n) is 6.82. The van der Waals surface area contributed by atoms with E-state index >= 15 is 0 Å². The topological polar surface area (TPSA) is 118 Å². The van der Waals surface area contributed by atoms with Crippen LogP contribution in [0.1, 0.15) is 12.5 Å². The molecule has 3 heterocycles. The first kappa shape index (κ1) is 19.5. The van der Waals surface area contributed by atoms with Crippen molar-refractivity contribution < 1.29 is 4.79 Å². The van der Waals surface area contributed by atoms with Gasteiger partial charge in [0.05, 0.1) is 6.54 Å². The minimum Gasteiger partial charge on any atom is -0.354 e. The van der Waals surface area contributed by atoms with Crippen LogP contribution in [0.5, 0.6) is 0 Å². The van der Waals surface area contributed by atoms with E-state index in [0.29, 0.717) is 10.6 Å². The summed E-state index contributed by atoms with van der Waals surface area (Å²) in [5.41, 5.74) is 7.76. The number of hydrogen-bond donors (Lipinski definition) is 3. The Morgan fingerprint density at radius 1 is 1.28 bits per heavy atom. The number of nitrogens with one attached hydrogen (secondary N) is 2. The molecule has 0 bridgehead atoms. The van der Waals surface area contributed by atoms with Crippen LogP contribution in [-0.4, -0.2) is 53.2 Å². The van der Waals surface area contributed by atoms with Gasteiger partial charge in [0.15, 0.2) is 0 Å². The van der Waals surface area contributed by atoms with Crippen molar-refractivity contribution in [2.75, 3.05) is 42.9 Å². The molecule has 1 aromatic carbocycles. The molecular weight excluding hydrogens is 390 g/mol. The van der Waals surface area contributed by atoms with Crippen molar-refractivity contribution in [3.8, 4) is 10.6 Å². The molecule has 29 heavy (non-hydrogen) atoms. The summed E-state index contributed by atoms with van der Waals surface area (Å²) in [4.78, 5) is 30.7. The zero-order chi connectivity index (χ0) is 20.4. The van der Waals surface area contributed by atoms with E-state index in [4.69, 9.17) is 10.8 Å². The van der Waals surface area contributed by atoms with Crippen LogP contribution in [-0.2, 0) is 11.2 Å². The number of carbonyl (C=O) groups excluding carboxylic acids is 1. The molecule has 1 amide bonds. The van der Waals surface area contributed by atoms with Crippen LogP contribution in [0.15, 0.2) is 29.1 Å². The fourth-order valence-corrected chi connectivity index (χ4v) is 4.23. The van der Waals surface area contributed by atoms with Crippen LogP contribution in [0.4, 0.5) is 11.5 Å². The van der Waals surface area contributed by atoms with Gasteiger partial charge in [-0.25, -0.2) is 0 Å². The van der Waals surface area contributed by atoms with E-state index < -0.39 is 0 Å². The lowest BCUT2D eigenvalue weighted by atomic mass is 10.1. The van der Waals surface area contributed by atoms with Gasteiger partial charge < -0.3 is 21.3 Å². The van der Waals surface area contributed by atoms with E-state index in [1.165, 1.54) is 17.4 Å². The number of piperazine rings is 1. The number of anilines is 2. The summed E-state index contributed by atoms with van der Waals surface area (Å²) in [6, 6.07) is 7.38. The molecule has 0 radical (unpaired) electrons. The summed E-state index contributed by atoms with van der Waals surface area (Å²) in [5.74, 6) is 0.508. The van der Waals surface area contributed by atoms with Crippen molar-refractivity contribution in [3.63, 3.8) is 0 Å². The van der Waals surface area contributed by atoms with E-state index in [1.54, 1.807) is 4.52 Å².